The molecule has 0 aliphatic carbocycles. The first-order chi connectivity index (χ1) is 12.8. The first-order valence-corrected chi connectivity index (χ1v) is 9.67. The zero-order valence-corrected chi connectivity index (χ0v) is 18.1. The minimum absolute atomic E-state index is 0.208. The Kier molecular flexibility index (Phi) is 6.75. The van der Waals surface area contributed by atoms with Crippen LogP contribution in [0.5, 0.6) is 0 Å². The third-order valence-corrected chi connectivity index (χ3v) is 4.10. The molecule has 0 radical (unpaired) electrons. The van der Waals surface area contributed by atoms with Gasteiger partial charge in [0.25, 0.3) is 0 Å². The molecule has 0 saturated carbocycles. The molecule has 2 heterocycles. The van der Waals surface area contributed by atoms with Crippen molar-refractivity contribution in [1.29, 1.82) is 0 Å². The number of likely N-dealkylation sites (tertiary alicyclic amines) is 1. The molecule has 1 atom stereocenters. The molecular weight excluding hydrogens is 384 g/mol. The SMILES string of the molecule is CC(C)(C)OC(=O)N1CCC(N(Cc2ccc(Cl)nn2)C(=O)OC(C)(C)C)C1. The second-order valence-electron chi connectivity index (χ2n) is 8.82. The normalized spacial score (nSPS) is 17.4. The van der Waals surface area contributed by atoms with Crippen LogP contribution in [0, 0.1) is 0 Å². The lowest BCUT2D eigenvalue weighted by Crippen LogP contribution is -2.45. The van der Waals surface area contributed by atoms with Crippen molar-refractivity contribution in [2.24, 2.45) is 0 Å². The Morgan fingerprint density at radius 2 is 1.79 bits per heavy atom. The van der Waals surface area contributed by atoms with Gasteiger partial charge in [0, 0.05) is 13.1 Å². The van der Waals surface area contributed by atoms with E-state index in [2.05, 4.69) is 10.2 Å². The average molecular weight is 413 g/mol. The number of hydrogen-bond donors (Lipinski definition) is 0. The highest BCUT2D eigenvalue weighted by Crippen LogP contribution is 2.23. The van der Waals surface area contributed by atoms with Gasteiger partial charge in [-0.1, -0.05) is 11.6 Å². The number of hydrogen-bond acceptors (Lipinski definition) is 6. The summed E-state index contributed by atoms with van der Waals surface area (Å²) in [6, 6.07) is 3.13. The molecule has 156 valence electrons. The summed E-state index contributed by atoms with van der Waals surface area (Å²) in [5.74, 6) is 0. The average Bonchev–Trinajstić information content (AvgIpc) is 3.00. The fraction of sp³-hybridized carbons (Fsp3) is 0.684. The van der Waals surface area contributed by atoms with E-state index >= 15 is 0 Å². The first-order valence-electron chi connectivity index (χ1n) is 9.30. The maximum Gasteiger partial charge on any atom is 0.410 e. The molecule has 28 heavy (non-hydrogen) atoms. The van der Waals surface area contributed by atoms with E-state index in [1.54, 1.807) is 21.9 Å². The van der Waals surface area contributed by atoms with Gasteiger partial charge in [0.1, 0.15) is 11.2 Å². The van der Waals surface area contributed by atoms with Crippen LogP contribution in [0.1, 0.15) is 53.7 Å². The van der Waals surface area contributed by atoms with Gasteiger partial charge in [0.15, 0.2) is 5.15 Å². The summed E-state index contributed by atoms with van der Waals surface area (Å²) in [7, 11) is 0. The number of ether oxygens (including phenoxy) is 2. The maximum atomic E-state index is 12.8. The molecule has 8 nitrogen and oxygen atoms in total. The summed E-state index contributed by atoms with van der Waals surface area (Å²) in [5, 5.41) is 8.14. The lowest BCUT2D eigenvalue weighted by atomic mass is 10.2. The Balaban J connectivity index is 2.13. The second kappa shape index (κ2) is 8.51. The van der Waals surface area contributed by atoms with Crippen LogP contribution in [0.2, 0.25) is 5.15 Å². The largest absolute Gasteiger partial charge is 0.444 e. The van der Waals surface area contributed by atoms with Gasteiger partial charge >= 0.3 is 12.2 Å². The van der Waals surface area contributed by atoms with Gasteiger partial charge in [-0.2, -0.15) is 5.10 Å². The minimum Gasteiger partial charge on any atom is -0.444 e. The highest BCUT2D eigenvalue weighted by atomic mass is 35.5. The Morgan fingerprint density at radius 1 is 1.14 bits per heavy atom. The molecule has 1 unspecified atom stereocenters. The maximum absolute atomic E-state index is 12.8. The van der Waals surface area contributed by atoms with Crippen LogP contribution in [0.15, 0.2) is 12.1 Å². The molecule has 9 heteroatoms. The number of carbonyl (C=O) groups is 2. The van der Waals surface area contributed by atoms with Crippen molar-refractivity contribution < 1.29 is 19.1 Å². The molecule has 1 saturated heterocycles. The van der Waals surface area contributed by atoms with Gasteiger partial charge in [0.05, 0.1) is 18.3 Å². The predicted molar refractivity (Wildman–Crippen MR) is 105 cm³/mol. The van der Waals surface area contributed by atoms with Crippen molar-refractivity contribution in [1.82, 2.24) is 20.0 Å². The van der Waals surface area contributed by atoms with E-state index in [0.29, 0.717) is 25.2 Å². The van der Waals surface area contributed by atoms with Crippen molar-refractivity contribution in [3.05, 3.63) is 23.0 Å². The van der Waals surface area contributed by atoms with Gasteiger partial charge in [-0.25, -0.2) is 9.59 Å². The van der Waals surface area contributed by atoms with Gasteiger partial charge in [-0.15, -0.1) is 5.10 Å². The van der Waals surface area contributed by atoms with Crippen LogP contribution < -0.4 is 0 Å². The predicted octanol–water partition coefficient (Wildman–Crippen LogP) is 3.88. The summed E-state index contributed by atoms with van der Waals surface area (Å²) in [6.07, 6.45) is -0.217. The van der Waals surface area contributed by atoms with Crippen molar-refractivity contribution in [3.63, 3.8) is 0 Å². The van der Waals surface area contributed by atoms with Gasteiger partial charge in [0.2, 0.25) is 0 Å². The summed E-state index contributed by atoms with van der Waals surface area (Å²) in [6.45, 7) is 12.0. The highest BCUT2D eigenvalue weighted by Gasteiger charge is 2.36. The second-order valence-corrected chi connectivity index (χ2v) is 9.21. The third kappa shape index (κ3) is 6.82. The Hall–Kier alpha value is -2.09. The number of carbonyl (C=O) groups excluding carboxylic acids is 2. The number of halogens is 1. The van der Waals surface area contributed by atoms with Crippen LogP contribution >= 0.6 is 11.6 Å². The molecule has 2 amide bonds. The fourth-order valence-corrected chi connectivity index (χ4v) is 2.86. The molecule has 1 aliphatic heterocycles. The number of amides is 2. The van der Waals surface area contributed by atoms with E-state index in [4.69, 9.17) is 21.1 Å². The fourth-order valence-electron chi connectivity index (χ4n) is 2.75. The van der Waals surface area contributed by atoms with E-state index in [-0.39, 0.29) is 23.8 Å². The Labute approximate surface area is 171 Å². The van der Waals surface area contributed by atoms with Gasteiger partial charge < -0.3 is 14.4 Å². The van der Waals surface area contributed by atoms with Gasteiger partial charge in [-0.3, -0.25) is 4.90 Å². The Morgan fingerprint density at radius 3 is 2.32 bits per heavy atom. The lowest BCUT2D eigenvalue weighted by molar-refractivity contribution is 0.0111. The molecule has 1 aromatic rings. The Bertz CT molecular complexity index is 697. The van der Waals surface area contributed by atoms with Crippen LogP contribution in [0.3, 0.4) is 0 Å². The topological polar surface area (TPSA) is 84.9 Å². The molecule has 1 fully saturated rings. The molecule has 0 N–H and O–H groups in total. The standard InChI is InChI=1S/C19H29ClN4O4/c1-18(2,3)27-16(25)23-10-9-14(12-23)24(17(26)28-19(4,5)6)11-13-7-8-15(20)22-21-13/h7-8,14H,9-12H2,1-6H3. The van der Waals surface area contributed by atoms with E-state index in [0.717, 1.165) is 0 Å². The van der Waals surface area contributed by atoms with Crippen molar-refractivity contribution in [2.75, 3.05) is 13.1 Å². The van der Waals surface area contributed by atoms with E-state index in [1.807, 2.05) is 41.5 Å². The molecule has 1 aromatic heterocycles. The number of rotatable bonds is 3. The van der Waals surface area contributed by atoms with Crippen molar-refractivity contribution in [3.8, 4) is 0 Å². The zero-order chi connectivity index (χ0) is 21.1. The molecule has 2 rings (SSSR count). The summed E-state index contributed by atoms with van der Waals surface area (Å²) < 4.78 is 11.0. The van der Waals surface area contributed by atoms with Crippen LogP contribution in [0.25, 0.3) is 0 Å². The van der Waals surface area contributed by atoms with E-state index in [9.17, 15) is 9.59 Å². The lowest BCUT2D eigenvalue weighted by Gasteiger charge is -2.31. The summed E-state index contributed by atoms with van der Waals surface area (Å²) in [5.41, 5.74) is -0.616. The van der Waals surface area contributed by atoms with E-state index in [1.165, 1.54) is 0 Å². The van der Waals surface area contributed by atoms with Gasteiger partial charge in [-0.05, 0) is 60.1 Å². The summed E-state index contributed by atoms with van der Waals surface area (Å²) in [4.78, 5) is 28.4. The number of aromatic nitrogens is 2. The number of nitrogens with zero attached hydrogens (tertiary/aromatic N) is 4. The molecule has 0 spiro atoms. The van der Waals surface area contributed by atoms with Crippen LogP contribution in [0.4, 0.5) is 9.59 Å². The summed E-state index contributed by atoms with van der Waals surface area (Å²) >= 11 is 5.79. The molecular formula is C19H29ClN4O4. The van der Waals surface area contributed by atoms with Crippen molar-refractivity contribution in [2.45, 2.75) is 71.8 Å². The first kappa shape index (κ1) is 22.2. The van der Waals surface area contributed by atoms with Crippen molar-refractivity contribution >= 4 is 23.8 Å². The highest BCUT2D eigenvalue weighted by molar-refractivity contribution is 6.29. The third-order valence-electron chi connectivity index (χ3n) is 3.90. The molecule has 0 bridgehead atoms. The quantitative estimate of drug-likeness (QED) is 0.749. The van der Waals surface area contributed by atoms with Crippen LogP contribution in [-0.2, 0) is 16.0 Å². The zero-order valence-electron chi connectivity index (χ0n) is 17.4. The smallest absolute Gasteiger partial charge is 0.410 e. The van der Waals surface area contributed by atoms with Crippen LogP contribution in [-0.4, -0.2) is 62.5 Å². The monoisotopic (exact) mass is 412 g/mol. The van der Waals surface area contributed by atoms with E-state index < -0.39 is 17.3 Å². The molecule has 0 aromatic carbocycles. The minimum atomic E-state index is -0.634. The molecule has 1 aliphatic rings.